The van der Waals surface area contributed by atoms with E-state index in [1.54, 1.807) is 0 Å². The van der Waals surface area contributed by atoms with Crippen molar-refractivity contribution in [3.05, 3.63) is 5.21 Å². The smallest absolute Gasteiger partial charge is 0.0177 e. The van der Waals surface area contributed by atoms with Crippen molar-refractivity contribution in [2.45, 2.75) is 0 Å². The molecule has 0 saturated heterocycles. The highest BCUT2D eigenvalue weighted by Gasteiger charge is 1.32. The molecule has 0 spiro atoms. The summed E-state index contributed by atoms with van der Waals surface area (Å²) in [6, 6.07) is 0. The van der Waals surface area contributed by atoms with Gasteiger partial charge in [-0.05, 0) is 0 Å². The molecule has 0 rings (SSSR count). The molecule has 0 atom stereocenters. The first-order valence-corrected chi connectivity index (χ1v) is 0.718. The topological polar surface area (TPSA) is 111 Å². The molecular formula is H6N4O. The second kappa shape index (κ2) is 9.77. The summed E-state index contributed by atoms with van der Waals surface area (Å²) in [5.74, 6) is 0. The Kier molecular flexibility index (Phi) is 17.2. The first kappa shape index (κ1) is 8.82. The molecule has 5 heteroatoms. The Morgan fingerprint density at radius 2 is 2.00 bits per heavy atom. The van der Waals surface area contributed by atoms with Crippen LogP contribution in [-0.2, 0) is 0 Å². The van der Waals surface area contributed by atoms with Gasteiger partial charge in [-0.2, -0.15) is 5.53 Å². The van der Waals surface area contributed by atoms with E-state index < -0.39 is 0 Å². The van der Waals surface area contributed by atoms with E-state index in [-0.39, 0.29) is 11.7 Å². The van der Waals surface area contributed by atoms with E-state index in [1.807, 2.05) is 0 Å². The molecule has 32 valence electrons. The van der Waals surface area contributed by atoms with E-state index in [2.05, 4.69) is 5.22 Å². The standard InChI is InChI=1S/H3N3O.H3N/c1-2-3-4;/h1H,3H2;1H3. The summed E-state index contributed by atoms with van der Waals surface area (Å²) >= 11 is 0. The predicted molar refractivity (Wildman–Crippen MR) is 15.5 cm³/mol. The van der Waals surface area contributed by atoms with E-state index in [1.165, 1.54) is 0 Å². The zero-order chi connectivity index (χ0) is 3.41. The summed E-state index contributed by atoms with van der Waals surface area (Å²) in [6.07, 6.45) is 0. The number of quaternary nitrogens is 1. The Morgan fingerprint density at radius 1 is 1.80 bits per heavy atom. The quantitative estimate of drug-likeness (QED) is 0.216. The van der Waals surface area contributed by atoms with Gasteiger partial charge in [-0.1, -0.05) is 0 Å². The zero-order valence-electron chi connectivity index (χ0n) is 2.64. The largest absolute Gasteiger partial charge is 0.606 e. The van der Waals surface area contributed by atoms with E-state index in [9.17, 15) is 0 Å². The van der Waals surface area contributed by atoms with Crippen molar-refractivity contribution >= 4 is 0 Å². The normalized spacial score (nSPS) is 5.00. The van der Waals surface area contributed by atoms with Crippen LogP contribution in [0.4, 0.5) is 0 Å². The summed E-state index contributed by atoms with van der Waals surface area (Å²) in [6.45, 7) is 0. The molecule has 0 aromatic heterocycles. The third-order valence-electron chi connectivity index (χ3n) is 0.0527. The van der Waals surface area contributed by atoms with Crippen LogP contribution in [0.2, 0.25) is 0 Å². The lowest BCUT2D eigenvalue weighted by molar-refractivity contribution is -0.606. The molecule has 0 unspecified atom stereocenters. The van der Waals surface area contributed by atoms with Crippen LogP contribution in [0.15, 0.2) is 5.22 Å². The number of hydrogen-bond donors (Lipinski definition) is 3. The number of nitrogens with two attached hydrogens (primary N) is 1. The fourth-order valence-corrected chi connectivity index (χ4v) is 0. The Morgan fingerprint density at radius 3 is 2.00 bits per heavy atom. The minimum absolute atomic E-state index is 0. The van der Waals surface area contributed by atoms with Gasteiger partial charge in [0, 0.05) is 5.22 Å². The van der Waals surface area contributed by atoms with Crippen LogP contribution < -0.4 is 11.7 Å². The molecule has 0 bridgehead atoms. The van der Waals surface area contributed by atoms with Gasteiger partial charge in [-0.25, -0.2) is 5.59 Å². The second-order valence-corrected chi connectivity index (χ2v) is 0.235. The van der Waals surface area contributed by atoms with Crippen molar-refractivity contribution in [1.29, 1.82) is 5.53 Å². The molecule has 0 aromatic carbocycles. The lowest BCUT2D eigenvalue weighted by atomic mass is 12.7. The number of rotatable bonds is 1. The first-order valence-electron chi connectivity index (χ1n) is 0.718. The molecule has 6 N–H and O–H groups in total. The highest BCUT2D eigenvalue weighted by Crippen LogP contribution is 1.13. The van der Waals surface area contributed by atoms with Crippen LogP contribution in [-0.4, -0.2) is 0 Å². The van der Waals surface area contributed by atoms with Crippen LogP contribution in [0.3, 0.4) is 0 Å². The maximum absolute atomic E-state index is 8.82. The lowest BCUT2D eigenvalue weighted by Gasteiger charge is -1.77. The van der Waals surface area contributed by atoms with Gasteiger partial charge < -0.3 is 11.4 Å². The molecule has 0 aromatic rings. The van der Waals surface area contributed by atoms with E-state index in [0.29, 0.717) is 0 Å². The molecule has 5 heavy (non-hydrogen) atoms. The molecule has 0 amide bonds. The van der Waals surface area contributed by atoms with E-state index in [4.69, 9.17) is 10.7 Å². The summed E-state index contributed by atoms with van der Waals surface area (Å²) in [5.41, 5.74) is 5.88. The van der Waals surface area contributed by atoms with Crippen molar-refractivity contribution in [3.63, 3.8) is 0 Å². The molecule has 0 heterocycles. The molecule has 0 aliphatic rings. The number of hydrogen-bond acceptors (Lipinski definition) is 4. The molecule has 0 fully saturated rings. The minimum atomic E-state index is 0. The zero-order valence-corrected chi connectivity index (χ0v) is 2.64. The second-order valence-electron chi connectivity index (χ2n) is 0.235. The van der Waals surface area contributed by atoms with Gasteiger partial charge >= 0.3 is 0 Å². The maximum atomic E-state index is 8.82. The number of nitrogens with zero attached hydrogens (tertiary/aromatic N) is 1. The van der Waals surface area contributed by atoms with Crippen molar-refractivity contribution in [2.75, 3.05) is 0 Å². The highest BCUT2D eigenvalue weighted by molar-refractivity contribution is 3.73. The summed E-state index contributed by atoms with van der Waals surface area (Å²) in [4.78, 5) is 0. The molecule has 5 nitrogen and oxygen atoms in total. The summed E-state index contributed by atoms with van der Waals surface area (Å²) in [5, 5.41) is 11.1. The van der Waals surface area contributed by atoms with Gasteiger partial charge in [0.05, 0.1) is 0 Å². The van der Waals surface area contributed by atoms with Crippen molar-refractivity contribution in [1.82, 2.24) is 6.15 Å². The molecular weight excluding hydrogens is 72.0 g/mol. The highest BCUT2D eigenvalue weighted by atomic mass is 16.5. The summed E-state index contributed by atoms with van der Waals surface area (Å²) in [7, 11) is 0. The maximum Gasteiger partial charge on any atom is 0.0177 e. The Bertz CT molecular complexity index is 17.6. The molecule has 0 radical (unpaired) electrons. The van der Waals surface area contributed by atoms with Gasteiger partial charge in [0.15, 0.2) is 0 Å². The van der Waals surface area contributed by atoms with Gasteiger partial charge in [0.2, 0.25) is 0 Å². The van der Waals surface area contributed by atoms with Gasteiger partial charge in [-0.3, -0.25) is 0 Å². The number of nitrogens with one attached hydrogen (secondary N) is 1. The fourth-order valence-electron chi connectivity index (χ4n) is 0. The summed E-state index contributed by atoms with van der Waals surface area (Å²) < 4.78 is 0. The van der Waals surface area contributed by atoms with Crippen LogP contribution in [0.25, 0.3) is 0 Å². The van der Waals surface area contributed by atoms with Crippen LogP contribution >= 0.6 is 0 Å². The third-order valence-corrected chi connectivity index (χ3v) is 0.0527. The van der Waals surface area contributed by atoms with Crippen molar-refractivity contribution in [2.24, 2.45) is 5.22 Å². The van der Waals surface area contributed by atoms with Crippen LogP contribution in [0.1, 0.15) is 0 Å². The fraction of sp³-hybridized carbons (Fsp3) is 0. The molecule has 0 aliphatic heterocycles. The predicted octanol–water partition coefficient (Wildman–Crippen LogP) is -0.844. The van der Waals surface area contributed by atoms with Crippen molar-refractivity contribution < 1.29 is 5.59 Å². The monoisotopic (exact) mass is 78.1 g/mol. The van der Waals surface area contributed by atoms with E-state index >= 15 is 0 Å². The average Bonchev–Trinajstić information content (AvgIpc) is 1.37. The average molecular weight is 78.1 g/mol. The van der Waals surface area contributed by atoms with Gasteiger partial charge in [0.1, 0.15) is 0 Å². The van der Waals surface area contributed by atoms with Crippen LogP contribution in [0.5, 0.6) is 0 Å². The Hall–Kier alpha value is -0.520. The van der Waals surface area contributed by atoms with Crippen molar-refractivity contribution in [3.8, 4) is 0 Å². The van der Waals surface area contributed by atoms with Gasteiger partial charge in [0.25, 0.3) is 0 Å². The lowest BCUT2D eigenvalue weighted by Crippen LogP contribution is -2.69. The minimum Gasteiger partial charge on any atom is -0.606 e. The van der Waals surface area contributed by atoms with Gasteiger partial charge in [-0.15, -0.1) is 0 Å². The first-order chi connectivity index (χ1) is 1.91. The third kappa shape index (κ3) is 33.1. The van der Waals surface area contributed by atoms with E-state index in [0.717, 1.165) is 0 Å². The molecule has 0 saturated carbocycles. The Labute approximate surface area is 29.0 Å². The Balaban J connectivity index is 0. The van der Waals surface area contributed by atoms with Crippen LogP contribution in [0, 0.1) is 10.7 Å². The SMILES string of the molecule is N.N=N[NH2+][O-]. The molecule has 0 aliphatic carbocycles.